The van der Waals surface area contributed by atoms with Gasteiger partial charge in [-0.05, 0) is 0 Å². The summed E-state index contributed by atoms with van der Waals surface area (Å²) in [4.78, 5) is 0. The Hall–Kier alpha value is 0.320. The van der Waals surface area contributed by atoms with Gasteiger partial charge < -0.3 is 18.4 Å². The zero-order chi connectivity index (χ0) is 8.27. The summed E-state index contributed by atoms with van der Waals surface area (Å²) in [5, 5.41) is 9.27. The molecule has 1 aliphatic rings. The van der Waals surface area contributed by atoms with E-state index in [2.05, 4.69) is 20.1 Å². The Balaban J connectivity index is 2.30. The van der Waals surface area contributed by atoms with Crippen molar-refractivity contribution in [3.8, 4) is 0 Å². The minimum atomic E-state index is -0.535. The highest BCUT2D eigenvalue weighted by molar-refractivity contribution is 9.06. The molecular formula is C6H11BrO4. The minimum absolute atomic E-state index is 0.0747. The van der Waals surface area contributed by atoms with Gasteiger partial charge in [0.15, 0.2) is 6.29 Å². The molecule has 1 aliphatic heterocycles. The molecule has 0 bridgehead atoms. The molecular weight excluding hydrogens is 216 g/mol. The predicted molar refractivity (Wildman–Crippen MR) is 41.2 cm³/mol. The minimum Gasteiger partial charge on any atom is -0.388 e. The van der Waals surface area contributed by atoms with Gasteiger partial charge in [-0.1, -0.05) is 0 Å². The van der Waals surface area contributed by atoms with Crippen LogP contribution >= 0.6 is 16.3 Å². The third-order valence-corrected chi connectivity index (χ3v) is 1.89. The highest BCUT2D eigenvalue weighted by atomic mass is 79.9. The summed E-state index contributed by atoms with van der Waals surface area (Å²) in [5.41, 5.74) is 0. The molecule has 1 N–H and O–H groups in total. The molecule has 0 aromatic heterocycles. The smallest absolute Gasteiger partial charge is 0.183 e. The van der Waals surface area contributed by atoms with Crippen LogP contribution in [0.5, 0.6) is 0 Å². The Kier molecular flexibility index (Phi) is 3.74. The van der Waals surface area contributed by atoms with E-state index in [-0.39, 0.29) is 6.10 Å². The van der Waals surface area contributed by atoms with Gasteiger partial charge in [0.2, 0.25) is 0 Å². The average Bonchev–Trinajstić information content (AvgIpc) is 2.32. The van der Waals surface area contributed by atoms with Crippen LogP contribution in [0.2, 0.25) is 0 Å². The van der Waals surface area contributed by atoms with Crippen LogP contribution in [-0.4, -0.2) is 37.3 Å². The van der Waals surface area contributed by atoms with Crippen molar-refractivity contribution in [2.75, 3.05) is 13.7 Å². The van der Waals surface area contributed by atoms with Crippen LogP contribution in [-0.2, 0) is 13.3 Å². The molecule has 4 nitrogen and oxygen atoms in total. The molecule has 66 valence electrons. The fraction of sp³-hybridized carbons (Fsp3) is 1.00. The van der Waals surface area contributed by atoms with E-state index in [9.17, 15) is 5.11 Å². The fourth-order valence-corrected chi connectivity index (χ4v) is 1.40. The summed E-state index contributed by atoms with van der Waals surface area (Å²) in [7, 11) is 1.51. The molecule has 0 aromatic rings. The zero-order valence-electron chi connectivity index (χ0n) is 6.20. The van der Waals surface area contributed by atoms with E-state index in [1.165, 1.54) is 7.11 Å². The Labute approximate surface area is 73.9 Å². The van der Waals surface area contributed by atoms with Crippen molar-refractivity contribution in [1.29, 1.82) is 0 Å². The predicted octanol–water partition coefficient (Wildman–Crippen LogP) is 0.435. The number of hydrogen-bond acceptors (Lipinski definition) is 4. The second kappa shape index (κ2) is 4.37. The topological polar surface area (TPSA) is 47.9 Å². The van der Waals surface area contributed by atoms with Gasteiger partial charge in [0.1, 0.15) is 6.10 Å². The molecule has 0 radical (unpaired) electrons. The fourth-order valence-electron chi connectivity index (χ4n) is 1.11. The number of aliphatic hydroxyl groups is 1. The van der Waals surface area contributed by atoms with Gasteiger partial charge >= 0.3 is 0 Å². The highest BCUT2D eigenvalue weighted by Crippen LogP contribution is 2.21. The Morgan fingerprint density at radius 1 is 1.73 bits per heavy atom. The first-order valence-corrected chi connectivity index (χ1v) is 4.02. The molecule has 1 fully saturated rings. The number of methoxy groups -OCH3 is 1. The molecule has 1 heterocycles. The second-order valence-electron chi connectivity index (χ2n) is 2.44. The van der Waals surface area contributed by atoms with Gasteiger partial charge in [-0.3, -0.25) is 0 Å². The van der Waals surface area contributed by atoms with E-state index in [0.717, 1.165) is 0 Å². The van der Waals surface area contributed by atoms with Gasteiger partial charge in [0, 0.05) is 13.5 Å². The summed E-state index contributed by atoms with van der Waals surface area (Å²) >= 11 is 2.82. The van der Waals surface area contributed by atoms with Gasteiger partial charge in [-0.25, -0.2) is 0 Å². The molecule has 5 heteroatoms. The van der Waals surface area contributed by atoms with Gasteiger partial charge in [-0.2, -0.15) is 0 Å². The molecule has 0 spiro atoms. The molecule has 0 saturated carbocycles. The average molecular weight is 227 g/mol. The molecule has 11 heavy (non-hydrogen) atoms. The van der Waals surface area contributed by atoms with Crippen molar-refractivity contribution in [2.45, 2.75) is 24.9 Å². The standard InChI is InChI=1S/C6H11BrO4/c1-9-6-5(8)2-4(11-6)3-10-7/h4-6,8H,2-3H2,1H3/t4-,5-,6+/m0/s1. The summed E-state index contributed by atoms with van der Waals surface area (Å²) in [5.74, 6) is 0. The third kappa shape index (κ3) is 2.38. The summed E-state index contributed by atoms with van der Waals surface area (Å²) in [6, 6.07) is 0. The number of aliphatic hydroxyl groups excluding tert-OH is 1. The first-order valence-electron chi connectivity index (χ1n) is 3.37. The van der Waals surface area contributed by atoms with Crippen molar-refractivity contribution in [1.82, 2.24) is 0 Å². The maximum Gasteiger partial charge on any atom is 0.183 e. The van der Waals surface area contributed by atoms with Gasteiger partial charge in [-0.15, -0.1) is 0 Å². The molecule has 0 aliphatic carbocycles. The lowest BCUT2D eigenvalue weighted by molar-refractivity contribution is -0.151. The van der Waals surface area contributed by atoms with Crippen molar-refractivity contribution in [2.24, 2.45) is 0 Å². The Bertz CT molecular complexity index is 121. The quantitative estimate of drug-likeness (QED) is 0.759. The van der Waals surface area contributed by atoms with E-state index >= 15 is 0 Å². The maximum atomic E-state index is 9.27. The van der Waals surface area contributed by atoms with Crippen LogP contribution in [0.25, 0.3) is 0 Å². The Morgan fingerprint density at radius 3 is 2.91 bits per heavy atom. The van der Waals surface area contributed by atoms with E-state index in [0.29, 0.717) is 13.0 Å². The lowest BCUT2D eigenvalue weighted by Gasteiger charge is -2.11. The Morgan fingerprint density at radius 2 is 2.45 bits per heavy atom. The molecule has 0 unspecified atom stereocenters. The van der Waals surface area contributed by atoms with Gasteiger partial charge in [0.05, 0.1) is 29.0 Å². The summed E-state index contributed by atoms with van der Waals surface area (Å²) < 4.78 is 14.8. The van der Waals surface area contributed by atoms with Crippen LogP contribution in [0, 0.1) is 0 Å². The van der Waals surface area contributed by atoms with E-state index in [1.807, 2.05) is 0 Å². The van der Waals surface area contributed by atoms with Crippen LogP contribution in [0.1, 0.15) is 6.42 Å². The summed E-state index contributed by atoms with van der Waals surface area (Å²) in [6.45, 7) is 0.428. The lowest BCUT2D eigenvalue weighted by atomic mass is 10.2. The normalized spacial score (nSPS) is 37.9. The number of rotatable bonds is 3. The van der Waals surface area contributed by atoms with Crippen LogP contribution in [0.3, 0.4) is 0 Å². The van der Waals surface area contributed by atoms with Gasteiger partial charge in [0.25, 0.3) is 0 Å². The second-order valence-corrected chi connectivity index (χ2v) is 2.90. The van der Waals surface area contributed by atoms with E-state index in [1.54, 1.807) is 0 Å². The van der Waals surface area contributed by atoms with Crippen molar-refractivity contribution >= 4 is 16.3 Å². The van der Waals surface area contributed by atoms with Crippen LogP contribution in [0.4, 0.5) is 0 Å². The van der Waals surface area contributed by atoms with E-state index < -0.39 is 12.4 Å². The van der Waals surface area contributed by atoms with Crippen molar-refractivity contribution in [3.05, 3.63) is 0 Å². The molecule has 1 saturated heterocycles. The lowest BCUT2D eigenvalue weighted by Crippen LogP contribution is -2.22. The number of ether oxygens (including phenoxy) is 2. The monoisotopic (exact) mass is 226 g/mol. The van der Waals surface area contributed by atoms with Crippen molar-refractivity contribution in [3.63, 3.8) is 0 Å². The zero-order valence-corrected chi connectivity index (χ0v) is 7.78. The molecule has 3 atom stereocenters. The van der Waals surface area contributed by atoms with Crippen LogP contribution in [0.15, 0.2) is 0 Å². The summed E-state index contributed by atoms with van der Waals surface area (Å²) in [6.07, 6.45) is -0.547. The first-order chi connectivity index (χ1) is 5.27. The highest BCUT2D eigenvalue weighted by Gasteiger charge is 2.33. The third-order valence-electron chi connectivity index (χ3n) is 1.63. The van der Waals surface area contributed by atoms with E-state index in [4.69, 9.17) is 9.47 Å². The molecule has 1 rings (SSSR count). The van der Waals surface area contributed by atoms with Crippen molar-refractivity contribution < 1.29 is 18.4 Å². The van der Waals surface area contributed by atoms with Crippen LogP contribution < -0.4 is 0 Å². The maximum absolute atomic E-state index is 9.27. The number of halogens is 1. The first kappa shape index (κ1) is 9.41. The largest absolute Gasteiger partial charge is 0.388 e. The molecule has 0 amide bonds. The number of hydrogen-bond donors (Lipinski definition) is 1. The SMILES string of the molecule is CO[C@@H]1O[C@H](COBr)C[C@@H]1O. The molecule has 0 aromatic carbocycles.